The standard InChI is InChI=1S/C14H15NO5S2/c1-4-19-14(16)12-9(2)15-13(21-12)10-5-7-11(8-6-10)20-22(3,17)18/h5-8H,4H2,1-3H3. The van der Waals surface area contributed by atoms with Crippen LogP contribution in [-0.2, 0) is 14.9 Å². The lowest BCUT2D eigenvalue weighted by Crippen LogP contribution is -2.05. The van der Waals surface area contributed by atoms with Gasteiger partial charge in [0.1, 0.15) is 15.6 Å². The molecule has 2 rings (SSSR count). The largest absolute Gasteiger partial charge is 0.462 e. The molecule has 0 saturated heterocycles. The molecule has 0 unspecified atom stereocenters. The van der Waals surface area contributed by atoms with Crippen molar-refractivity contribution in [1.29, 1.82) is 0 Å². The van der Waals surface area contributed by atoms with Gasteiger partial charge in [0.25, 0.3) is 0 Å². The van der Waals surface area contributed by atoms with Gasteiger partial charge in [-0.05, 0) is 38.1 Å². The molecule has 2 aromatic rings. The van der Waals surface area contributed by atoms with Crippen LogP contribution in [0.5, 0.6) is 5.75 Å². The van der Waals surface area contributed by atoms with Gasteiger partial charge >= 0.3 is 16.1 Å². The number of aromatic nitrogens is 1. The van der Waals surface area contributed by atoms with Crippen LogP contribution in [0, 0.1) is 6.92 Å². The van der Waals surface area contributed by atoms with E-state index in [1.54, 1.807) is 26.0 Å². The van der Waals surface area contributed by atoms with E-state index in [-0.39, 0.29) is 11.7 Å². The number of hydrogen-bond acceptors (Lipinski definition) is 7. The summed E-state index contributed by atoms with van der Waals surface area (Å²) in [6.07, 6.45) is 0.983. The molecule has 0 fully saturated rings. The first-order valence-corrected chi connectivity index (χ1v) is 9.08. The summed E-state index contributed by atoms with van der Waals surface area (Å²) < 4.78 is 31.9. The number of esters is 1. The van der Waals surface area contributed by atoms with Crippen molar-refractivity contribution in [2.24, 2.45) is 0 Å². The van der Waals surface area contributed by atoms with Crippen molar-refractivity contribution in [3.63, 3.8) is 0 Å². The number of ether oxygens (including phenoxy) is 1. The van der Waals surface area contributed by atoms with Gasteiger partial charge in [0.05, 0.1) is 18.6 Å². The number of rotatable bonds is 5. The van der Waals surface area contributed by atoms with Gasteiger partial charge in [0.15, 0.2) is 0 Å². The molecule has 118 valence electrons. The fourth-order valence-corrected chi connectivity index (χ4v) is 3.16. The molecule has 0 N–H and O–H groups in total. The molecule has 6 nitrogen and oxygen atoms in total. The summed E-state index contributed by atoms with van der Waals surface area (Å²) in [5.74, 6) is -0.161. The van der Waals surface area contributed by atoms with E-state index in [4.69, 9.17) is 8.92 Å². The zero-order valence-corrected chi connectivity index (χ0v) is 14.0. The predicted octanol–water partition coefficient (Wildman–Crippen LogP) is 2.63. The molecule has 22 heavy (non-hydrogen) atoms. The van der Waals surface area contributed by atoms with E-state index in [1.807, 2.05) is 0 Å². The van der Waals surface area contributed by atoms with Crippen LogP contribution in [0.3, 0.4) is 0 Å². The number of hydrogen-bond donors (Lipinski definition) is 0. The Hall–Kier alpha value is -1.93. The quantitative estimate of drug-likeness (QED) is 0.614. The lowest BCUT2D eigenvalue weighted by molar-refractivity contribution is 0.0531. The van der Waals surface area contributed by atoms with Gasteiger partial charge in [0.2, 0.25) is 0 Å². The van der Waals surface area contributed by atoms with E-state index in [2.05, 4.69) is 4.98 Å². The van der Waals surface area contributed by atoms with Crippen LogP contribution >= 0.6 is 11.3 Å². The van der Waals surface area contributed by atoms with Gasteiger partial charge in [-0.3, -0.25) is 0 Å². The second-order valence-electron chi connectivity index (χ2n) is 4.47. The third-order valence-corrected chi connectivity index (χ3v) is 4.29. The minimum atomic E-state index is -3.55. The topological polar surface area (TPSA) is 82.6 Å². The van der Waals surface area contributed by atoms with Crippen LogP contribution in [0.4, 0.5) is 0 Å². The SMILES string of the molecule is CCOC(=O)c1sc(-c2ccc(OS(C)(=O)=O)cc2)nc1C. The van der Waals surface area contributed by atoms with Crippen molar-refractivity contribution in [2.75, 3.05) is 12.9 Å². The van der Waals surface area contributed by atoms with E-state index < -0.39 is 10.1 Å². The molecule has 0 saturated carbocycles. The molecule has 1 aromatic heterocycles. The van der Waals surface area contributed by atoms with Crippen LogP contribution in [-0.4, -0.2) is 32.2 Å². The van der Waals surface area contributed by atoms with Gasteiger partial charge in [-0.2, -0.15) is 8.42 Å². The van der Waals surface area contributed by atoms with Crippen LogP contribution in [0.1, 0.15) is 22.3 Å². The minimum Gasteiger partial charge on any atom is -0.462 e. The molecule has 0 bridgehead atoms. The number of carbonyl (C=O) groups excluding carboxylic acids is 1. The van der Waals surface area contributed by atoms with Crippen LogP contribution in [0.25, 0.3) is 10.6 Å². The van der Waals surface area contributed by atoms with Gasteiger partial charge < -0.3 is 8.92 Å². The molecule has 1 heterocycles. The molecular weight excluding hydrogens is 326 g/mol. The van der Waals surface area contributed by atoms with E-state index in [0.29, 0.717) is 22.2 Å². The number of thiazole rings is 1. The van der Waals surface area contributed by atoms with Gasteiger partial charge in [0, 0.05) is 5.56 Å². The zero-order chi connectivity index (χ0) is 16.3. The van der Waals surface area contributed by atoms with Crippen molar-refractivity contribution in [2.45, 2.75) is 13.8 Å². The second-order valence-corrected chi connectivity index (χ2v) is 7.04. The van der Waals surface area contributed by atoms with Crippen LogP contribution in [0.2, 0.25) is 0 Å². The average molecular weight is 341 g/mol. The molecule has 0 aliphatic heterocycles. The summed E-state index contributed by atoms with van der Waals surface area (Å²) in [6.45, 7) is 3.80. The van der Waals surface area contributed by atoms with E-state index in [0.717, 1.165) is 11.8 Å². The monoisotopic (exact) mass is 341 g/mol. The number of benzene rings is 1. The highest BCUT2D eigenvalue weighted by Gasteiger charge is 2.17. The van der Waals surface area contributed by atoms with Crippen molar-refractivity contribution >= 4 is 27.4 Å². The van der Waals surface area contributed by atoms with Crippen LogP contribution in [0.15, 0.2) is 24.3 Å². The molecule has 0 amide bonds. The second kappa shape index (κ2) is 6.45. The Balaban J connectivity index is 2.26. The number of carbonyl (C=O) groups is 1. The lowest BCUT2D eigenvalue weighted by Gasteiger charge is -2.03. The van der Waals surface area contributed by atoms with Gasteiger partial charge in [-0.15, -0.1) is 11.3 Å². The maximum Gasteiger partial charge on any atom is 0.350 e. The Morgan fingerprint density at radius 2 is 1.91 bits per heavy atom. The first kappa shape index (κ1) is 16.4. The first-order valence-electron chi connectivity index (χ1n) is 6.44. The highest BCUT2D eigenvalue weighted by atomic mass is 32.2. The highest BCUT2D eigenvalue weighted by Crippen LogP contribution is 2.29. The van der Waals surface area contributed by atoms with Crippen LogP contribution < -0.4 is 4.18 Å². The molecule has 0 aliphatic carbocycles. The van der Waals surface area contributed by atoms with E-state index in [9.17, 15) is 13.2 Å². The first-order chi connectivity index (χ1) is 10.3. The normalized spacial score (nSPS) is 11.2. The molecule has 0 radical (unpaired) electrons. The van der Waals surface area contributed by atoms with Crippen molar-refractivity contribution in [3.8, 4) is 16.3 Å². The summed E-state index contributed by atoms with van der Waals surface area (Å²) in [4.78, 5) is 16.6. The molecule has 0 spiro atoms. The Morgan fingerprint density at radius 1 is 1.27 bits per heavy atom. The third-order valence-electron chi connectivity index (χ3n) is 2.61. The van der Waals surface area contributed by atoms with Crippen molar-refractivity contribution < 1.29 is 22.1 Å². The Bertz CT molecular complexity index is 778. The maximum atomic E-state index is 11.8. The number of nitrogens with zero attached hydrogens (tertiary/aromatic N) is 1. The summed E-state index contributed by atoms with van der Waals surface area (Å²) in [5.41, 5.74) is 1.37. The average Bonchev–Trinajstić information content (AvgIpc) is 2.80. The summed E-state index contributed by atoms with van der Waals surface area (Å²) >= 11 is 1.23. The Labute approximate surface area is 132 Å². The minimum absolute atomic E-state index is 0.227. The fourth-order valence-electron chi connectivity index (χ4n) is 1.73. The third kappa shape index (κ3) is 4.05. The van der Waals surface area contributed by atoms with Gasteiger partial charge in [-0.25, -0.2) is 9.78 Å². The van der Waals surface area contributed by atoms with Crippen molar-refractivity contribution in [1.82, 2.24) is 4.98 Å². The fraction of sp³-hybridized carbons (Fsp3) is 0.286. The zero-order valence-electron chi connectivity index (χ0n) is 12.3. The lowest BCUT2D eigenvalue weighted by atomic mass is 10.2. The Morgan fingerprint density at radius 3 is 2.45 bits per heavy atom. The van der Waals surface area contributed by atoms with Gasteiger partial charge in [-0.1, -0.05) is 0 Å². The number of aryl methyl sites for hydroxylation is 1. The van der Waals surface area contributed by atoms with Crippen molar-refractivity contribution in [3.05, 3.63) is 34.8 Å². The predicted molar refractivity (Wildman–Crippen MR) is 83.7 cm³/mol. The molecule has 1 aromatic carbocycles. The summed E-state index contributed by atoms with van der Waals surface area (Å²) in [5, 5.41) is 0.659. The highest BCUT2D eigenvalue weighted by molar-refractivity contribution is 7.86. The summed E-state index contributed by atoms with van der Waals surface area (Å²) in [7, 11) is -3.55. The molecule has 0 atom stereocenters. The Kier molecular flexibility index (Phi) is 4.82. The molecule has 0 aliphatic rings. The van der Waals surface area contributed by atoms with E-state index in [1.165, 1.54) is 23.5 Å². The molecule has 8 heteroatoms. The maximum absolute atomic E-state index is 11.8. The smallest absolute Gasteiger partial charge is 0.350 e. The molecular formula is C14H15NO5S2. The summed E-state index contributed by atoms with van der Waals surface area (Å²) in [6, 6.07) is 6.45. The van der Waals surface area contributed by atoms with E-state index >= 15 is 0 Å².